The van der Waals surface area contributed by atoms with Gasteiger partial charge in [0, 0.05) is 26.7 Å². The maximum absolute atomic E-state index is 13.3. The fraction of sp³-hybridized carbons (Fsp3) is 0.556. The number of nitrogens with zero attached hydrogens (tertiary/aromatic N) is 2. The molecule has 0 aliphatic heterocycles. The van der Waals surface area contributed by atoms with E-state index in [2.05, 4.69) is 22.5 Å². The van der Waals surface area contributed by atoms with Crippen LogP contribution in [-0.4, -0.2) is 56.6 Å². The number of halogens is 1. The van der Waals surface area contributed by atoms with Crippen molar-refractivity contribution >= 4 is 11.9 Å². The Hall–Kier alpha value is -2.31. The molecule has 0 saturated heterocycles. The second-order valence-electron chi connectivity index (χ2n) is 5.87. The van der Waals surface area contributed by atoms with Gasteiger partial charge in [0.2, 0.25) is 5.91 Å². The number of hydrogen-bond donors (Lipinski definition) is 2. The van der Waals surface area contributed by atoms with E-state index in [4.69, 9.17) is 4.74 Å². The maximum Gasteiger partial charge on any atom is 0.243 e. The number of ether oxygens (including phenoxy) is 1. The van der Waals surface area contributed by atoms with Gasteiger partial charge in [-0.1, -0.05) is 19.9 Å². The van der Waals surface area contributed by atoms with Gasteiger partial charge in [-0.3, -0.25) is 4.79 Å². The zero-order chi connectivity index (χ0) is 18.7. The molecular weight excluding hydrogens is 323 g/mol. The lowest BCUT2D eigenvalue weighted by molar-refractivity contribution is -0.127. The Kier molecular flexibility index (Phi) is 9.36. The Morgan fingerprint density at radius 2 is 2.08 bits per heavy atom. The topological polar surface area (TPSA) is 66.0 Å². The lowest BCUT2D eigenvalue weighted by Gasteiger charge is -2.20. The second kappa shape index (κ2) is 11.3. The summed E-state index contributed by atoms with van der Waals surface area (Å²) in [4.78, 5) is 17.5. The van der Waals surface area contributed by atoms with Crippen molar-refractivity contribution in [1.29, 1.82) is 0 Å². The Labute approximate surface area is 149 Å². The molecule has 1 atom stereocenters. The molecule has 25 heavy (non-hydrogen) atoms. The summed E-state index contributed by atoms with van der Waals surface area (Å²) < 4.78 is 19.1. The third-order valence-electron chi connectivity index (χ3n) is 3.47. The molecule has 6 nitrogen and oxygen atoms in total. The lowest BCUT2D eigenvalue weighted by Crippen LogP contribution is -2.43. The summed E-state index contributed by atoms with van der Waals surface area (Å²) >= 11 is 0. The van der Waals surface area contributed by atoms with E-state index in [0.29, 0.717) is 18.3 Å². The molecule has 0 bridgehead atoms. The van der Waals surface area contributed by atoms with Gasteiger partial charge in [-0.05, 0) is 25.0 Å². The van der Waals surface area contributed by atoms with E-state index in [0.717, 1.165) is 19.4 Å². The minimum Gasteiger partial charge on any atom is -0.489 e. The van der Waals surface area contributed by atoms with Crippen LogP contribution in [0.15, 0.2) is 29.3 Å². The average Bonchev–Trinajstić information content (AvgIpc) is 2.59. The number of benzene rings is 1. The first kappa shape index (κ1) is 20.7. The minimum absolute atomic E-state index is 0.0688. The highest BCUT2D eigenvalue weighted by atomic mass is 19.1. The van der Waals surface area contributed by atoms with E-state index >= 15 is 0 Å². The molecule has 1 rings (SSSR count). The van der Waals surface area contributed by atoms with Crippen molar-refractivity contribution in [3.05, 3.63) is 30.1 Å². The Bertz CT molecular complexity index is 564. The van der Waals surface area contributed by atoms with Gasteiger partial charge in [0.05, 0.1) is 6.54 Å². The van der Waals surface area contributed by atoms with Crippen LogP contribution < -0.4 is 15.4 Å². The van der Waals surface area contributed by atoms with E-state index in [1.54, 1.807) is 26.2 Å². The first-order chi connectivity index (χ1) is 12.0. The van der Waals surface area contributed by atoms with Gasteiger partial charge in [-0.15, -0.1) is 0 Å². The smallest absolute Gasteiger partial charge is 0.243 e. The molecule has 2 N–H and O–H groups in total. The van der Waals surface area contributed by atoms with E-state index in [1.165, 1.54) is 17.0 Å². The van der Waals surface area contributed by atoms with Crippen LogP contribution in [0.4, 0.5) is 4.39 Å². The SMILES string of the molecule is CCCNC(=NCC(=O)N(C)C)NCC(CC)Oc1cccc(F)c1. The molecule has 1 unspecified atom stereocenters. The molecule has 0 aromatic heterocycles. The predicted octanol–water partition coefficient (Wildman–Crippen LogP) is 2.02. The second-order valence-corrected chi connectivity index (χ2v) is 5.87. The summed E-state index contributed by atoms with van der Waals surface area (Å²) in [6, 6.07) is 6.09. The van der Waals surface area contributed by atoms with Gasteiger partial charge in [-0.2, -0.15) is 0 Å². The van der Waals surface area contributed by atoms with Crippen LogP contribution >= 0.6 is 0 Å². The molecule has 0 spiro atoms. The van der Waals surface area contributed by atoms with Gasteiger partial charge in [-0.25, -0.2) is 9.38 Å². The van der Waals surface area contributed by atoms with Crippen LogP contribution in [0.25, 0.3) is 0 Å². The van der Waals surface area contributed by atoms with Crippen LogP contribution in [0.5, 0.6) is 5.75 Å². The first-order valence-electron chi connectivity index (χ1n) is 8.60. The fourth-order valence-corrected chi connectivity index (χ4v) is 1.92. The summed E-state index contributed by atoms with van der Waals surface area (Å²) in [7, 11) is 3.40. The Balaban J connectivity index is 2.62. The molecule has 140 valence electrons. The van der Waals surface area contributed by atoms with Crippen LogP contribution in [0.1, 0.15) is 26.7 Å². The number of likely N-dealkylation sites (N-methyl/N-ethyl adjacent to an activating group) is 1. The molecule has 7 heteroatoms. The van der Waals surface area contributed by atoms with E-state index in [1.807, 2.05) is 6.92 Å². The van der Waals surface area contributed by atoms with Gasteiger partial charge in [0.25, 0.3) is 0 Å². The minimum atomic E-state index is -0.325. The van der Waals surface area contributed by atoms with Crippen molar-refractivity contribution < 1.29 is 13.9 Å². The number of carbonyl (C=O) groups is 1. The third-order valence-corrected chi connectivity index (χ3v) is 3.47. The summed E-state index contributed by atoms with van der Waals surface area (Å²) in [5.74, 6) is 0.671. The third kappa shape index (κ3) is 8.37. The largest absolute Gasteiger partial charge is 0.489 e. The van der Waals surface area contributed by atoms with E-state index < -0.39 is 0 Å². The number of aliphatic imine (C=N–C) groups is 1. The molecule has 1 amide bonds. The van der Waals surface area contributed by atoms with Crippen LogP contribution in [0.3, 0.4) is 0 Å². The molecular formula is C18H29FN4O2. The van der Waals surface area contributed by atoms with E-state index in [-0.39, 0.29) is 24.4 Å². The quantitative estimate of drug-likeness (QED) is 0.527. The molecule has 0 heterocycles. The van der Waals surface area contributed by atoms with E-state index in [9.17, 15) is 9.18 Å². The standard InChI is InChI=1S/C18H29FN4O2/c1-5-10-20-18(22-13-17(24)23(3)4)21-12-15(6-2)25-16-9-7-8-14(19)11-16/h7-9,11,15H,5-6,10,12-13H2,1-4H3,(H2,20,21,22). The van der Waals surface area contributed by atoms with Crippen molar-refractivity contribution in [2.45, 2.75) is 32.8 Å². The van der Waals surface area contributed by atoms with Crippen LogP contribution in [-0.2, 0) is 4.79 Å². The molecule has 1 aromatic carbocycles. The monoisotopic (exact) mass is 352 g/mol. The number of carbonyl (C=O) groups excluding carboxylic acids is 1. The number of hydrogen-bond acceptors (Lipinski definition) is 3. The molecule has 0 aliphatic carbocycles. The zero-order valence-electron chi connectivity index (χ0n) is 15.5. The number of guanidine groups is 1. The summed E-state index contributed by atoms with van der Waals surface area (Å²) in [5, 5.41) is 6.35. The number of amides is 1. The molecule has 0 radical (unpaired) electrons. The van der Waals surface area contributed by atoms with Crippen molar-refractivity contribution in [2.24, 2.45) is 4.99 Å². The normalized spacial score (nSPS) is 12.4. The van der Waals surface area contributed by atoms with Gasteiger partial charge in [0.15, 0.2) is 5.96 Å². The lowest BCUT2D eigenvalue weighted by atomic mass is 10.2. The Morgan fingerprint density at radius 1 is 1.32 bits per heavy atom. The van der Waals surface area contributed by atoms with Gasteiger partial charge < -0.3 is 20.3 Å². The highest BCUT2D eigenvalue weighted by Gasteiger charge is 2.11. The highest BCUT2D eigenvalue weighted by Crippen LogP contribution is 2.14. The predicted molar refractivity (Wildman–Crippen MR) is 98.4 cm³/mol. The summed E-state index contributed by atoms with van der Waals surface area (Å²) in [6.07, 6.45) is 1.56. The summed E-state index contributed by atoms with van der Waals surface area (Å²) in [6.45, 7) is 5.38. The van der Waals surface area contributed by atoms with Crippen LogP contribution in [0.2, 0.25) is 0 Å². The van der Waals surface area contributed by atoms with Crippen molar-refractivity contribution in [2.75, 3.05) is 33.7 Å². The van der Waals surface area contributed by atoms with Crippen molar-refractivity contribution in [1.82, 2.24) is 15.5 Å². The summed E-state index contributed by atoms with van der Waals surface area (Å²) in [5.41, 5.74) is 0. The van der Waals surface area contributed by atoms with Crippen molar-refractivity contribution in [3.63, 3.8) is 0 Å². The van der Waals surface area contributed by atoms with Gasteiger partial charge in [0.1, 0.15) is 24.2 Å². The maximum atomic E-state index is 13.3. The van der Waals surface area contributed by atoms with Crippen molar-refractivity contribution in [3.8, 4) is 5.75 Å². The molecule has 0 fully saturated rings. The number of nitrogens with one attached hydrogen (secondary N) is 2. The van der Waals surface area contributed by atoms with Crippen LogP contribution in [0, 0.1) is 5.82 Å². The fourth-order valence-electron chi connectivity index (χ4n) is 1.92. The Morgan fingerprint density at radius 3 is 2.68 bits per heavy atom. The average molecular weight is 352 g/mol. The number of rotatable bonds is 9. The first-order valence-corrected chi connectivity index (χ1v) is 8.60. The highest BCUT2D eigenvalue weighted by molar-refractivity contribution is 5.84. The molecule has 0 aliphatic rings. The van der Waals surface area contributed by atoms with Gasteiger partial charge >= 0.3 is 0 Å². The molecule has 0 saturated carbocycles. The molecule has 1 aromatic rings. The zero-order valence-corrected chi connectivity index (χ0v) is 15.5.